The van der Waals surface area contributed by atoms with E-state index in [1.54, 1.807) is 5.57 Å². The van der Waals surface area contributed by atoms with Gasteiger partial charge in [-0.3, -0.25) is 0 Å². The molecular weight excluding hydrogens is 953 g/mol. The first-order valence-electron chi connectivity index (χ1n) is 30.1. The van der Waals surface area contributed by atoms with Crippen LogP contribution in [-0.2, 0) is 22.1 Å². The molecule has 3 rings (SSSR count). The van der Waals surface area contributed by atoms with E-state index in [1.807, 2.05) is 0 Å². The van der Waals surface area contributed by atoms with Crippen LogP contribution in [0.1, 0.15) is 209 Å². The number of hydrogen-bond acceptors (Lipinski definition) is 5. The standard InChI is InChI=1S/C61H122O5Si5/c1-26-69(25,27-2)66-60(18,19)56(64-70(28-3,29-4)30-5)43-40-50(36-34-44-59(16,17)65-71(31-6,32-7)33-8)54-42-41-53-49(37-35-45-61(53,54)20)38-39-51-46-52(62-67(21,22)57(10,11)12)47-55(48(51)9)63-68(23,24)58(13,14)15/h38-39,50,52-56H,9,26-37,40-47H2,1-8,10-25H3/t50-,52?,53?,54?,55-,56?,61-/m0/s1. The molecule has 0 aromatic rings. The summed E-state index contributed by atoms with van der Waals surface area (Å²) in [6.07, 6.45) is 19.6. The smallest absolute Gasteiger partial charge is 0.192 e. The minimum atomic E-state index is -2.05. The Kier molecular flexibility index (Phi) is 23.7. The number of rotatable bonds is 28. The first kappa shape index (κ1) is 65.4. The van der Waals surface area contributed by atoms with Crippen molar-refractivity contribution in [2.45, 2.75) is 329 Å². The third-order valence-electron chi connectivity index (χ3n) is 21.0. The van der Waals surface area contributed by atoms with Gasteiger partial charge in [0.25, 0.3) is 0 Å². The molecule has 4 unspecified atom stereocenters. The maximum atomic E-state index is 7.68. The minimum Gasteiger partial charge on any atom is -0.413 e. The summed E-state index contributed by atoms with van der Waals surface area (Å²) < 4.78 is 36.9. The summed E-state index contributed by atoms with van der Waals surface area (Å²) in [6, 6.07) is 9.45. The van der Waals surface area contributed by atoms with Crippen LogP contribution >= 0.6 is 0 Å². The van der Waals surface area contributed by atoms with Crippen molar-refractivity contribution in [1.82, 2.24) is 0 Å². The summed E-state index contributed by atoms with van der Waals surface area (Å²) in [6.45, 7) is 62.5. The molecule has 0 aromatic carbocycles. The van der Waals surface area contributed by atoms with E-state index in [4.69, 9.17) is 28.7 Å². The molecular formula is C61H122O5Si5. The van der Waals surface area contributed by atoms with Gasteiger partial charge in [-0.05, 0) is 211 Å². The Morgan fingerprint density at radius 3 is 1.70 bits per heavy atom. The zero-order valence-electron chi connectivity index (χ0n) is 52.0. The van der Waals surface area contributed by atoms with Crippen LogP contribution in [0.4, 0.5) is 0 Å². The summed E-state index contributed by atoms with van der Waals surface area (Å²) >= 11 is 0. The van der Waals surface area contributed by atoms with Crippen molar-refractivity contribution >= 4 is 41.6 Å². The lowest BCUT2D eigenvalue weighted by molar-refractivity contribution is -0.0369. The maximum Gasteiger partial charge on any atom is 0.192 e. The normalized spacial score (nSPS) is 25.8. The molecule has 0 amide bonds. The van der Waals surface area contributed by atoms with E-state index in [0.29, 0.717) is 17.8 Å². The van der Waals surface area contributed by atoms with Crippen LogP contribution in [0.15, 0.2) is 35.5 Å². The lowest BCUT2D eigenvalue weighted by Gasteiger charge is -2.47. The highest BCUT2D eigenvalue weighted by Gasteiger charge is 2.53. The first-order chi connectivity index (χ1) is 32.6. The van der Waals surface area contributed by atoms with Crippen LogP contribution in [0, 0.1) is 23.2 Å². The monoisotopic (exact) mass is 1070 g/mol. The second-order valence-corrected chi connectivity index (χ2v) is 51.9. The summed E-state index contributed by atoms with van der Waals surface area (Å²) in [5.74, 6) is 1.96. The summed E-state index contributed by atoms with van der Waals surface area (Å²) in [5, 5.41) is 0.283. The van der Waals surface area contributed by atoms with Gasteiger partial charge in [-0.25, -0.2) is 0 Å². The highest BCUT2D eigenvalue weighted by Crippen LogP contribution is 2.61. The summed E-state index contributed by atoms with van der Waals surface area (Å²) in [5.41, 5.74) is 4.11. The quantitative estimate of drug-likeness (QED) is 0.0731. The number of allylic oxidation sites excluding steroid dienone is 3. The minimum absolute atomic E-state index is 0.000353. The first-order valence-corrected chi connectivity index (χ1v) is 43.8. The summed E-state index contributed by atoms with van der Waals surface area (Å²) in [4.78, 5) is 0. The second kappa shape index (κ2) is 25.7. The van der Waals surface area contributed by atoms with Gasteiger partial charge in [-0.1, -0.05) is 141 Å². The molecule has 3 aliphatic carbocycles. The van der Waals surface area contributed by atoms with Gasteiger partial charge < -0.3 is 22.1 Å². The molecule has 3 fully saturated rings. The Morgan fingerprint density at radius 1 is 0.662 bits per heavy atom. The molecule has 0 aromatic heterocycles. The van der Waals surface area contributed by atoms with Crippen LogP contribution in [0.25, 0.3) is 0 Å². The Labute approximate surface area is 449 Å². The lowest BCUT2D eigenvalue weighted by atomic mass is 9.60. The average molecular weight is 1080 g/mol. The van der Waals surface area contributed by atoms with Gasteiger partial charge in [0.2, 0.25) is 0 Å². The molecule has 7 atom stereocenters. The van der Waals surface area contributed by atoms with Crippen molar-refractivity contribution in [2.75, 3.05) is 0 Å². The molecule has 416 valence electrons. The van der Waals surface area contributed by atoms with E-state index in [2.05, 4.69) is 176 Å². The Morgan fingerprint density at radius 2 is 1.20 bits per heavy atom. The Balaban J connectivity index is 2.09. The predicted molar refractivity (Wildman–Crippen MR) is 326 cm³/mol. The van der Waals surface area contributed by atoms with Gasteiger partial charge >= 0.3 is 0 Å². The highest BCUT2D eigenvalue weighted by atomic mass is 28.4. The van der Waals surface area contributed by atoms with E-state index in [-0.39, 0.29) is 45.0 Å². The molecule has 0 bridgehead atoms. The van der Waals surface area contributed by atoms with E-state index >= 15 is 0 Å². The molecule has 0 saturated heterocycles. The molecule has 0 N–H and O–H groups in total. The van der Waals surface area contributed by atoms with Crippen LogP contribution in [0.5, 0.6) is 0 Å². The Bertz CT molecular complexity index is 1710. The van der Waals surface area contributed by atoms with Crippen molar-refractivity contribution in [2.24, 2.45) is 23.2 Å². The van der Waals surface area contributed by atoms with Gasteiger partial charge in [0.1, 0.15) is 0 Å². The van der Waals surface area contributed by atoms with Crippen molar-refractivity contribution in [3.8, 4) is 0 Å². The second-order valence-electron chi connectivity index (χ2n) is 28.4. The van der Waals surface area contributed by atoms with Crippen molar-refractivity contribution in [1.29, 1.82) is 0 Å². The third-order valence-corrected chi connectivity index (χ3v) is 43.6. The fraction of sp³-hybridized carbons (Fsp3) is 0.902. The molecule has 10 heteroatoms. The van der Waals surface area contributed by atoms with E-state index in [9.17, 15) is 0 Å². The molecule has 0 aliphatic heterocycles. The van der Waals surface area contributed by atoms with E-state index in [1.165, 1.54) is 98.8 Å². The molecule has 5 nitrogen and oxygen atoms in total. The fourth-order valence-corrected chi connectivity index (χ4v) is 24.1. The number of hydrogen-bond donors (Lipinski definition) is 0. The van der Waals surface area contributed by atoms with Gasteiger partial charge in [-0.15, -0.1) is 0 Å². The Hall–Kier alpha value is 0.104. The molecule has 71 heavy (non-hydrogen) atoms. The van der Waals surface area contributed by atoms with E-state index in [0.717, 1.165) is 37.8 Å². The molecule has 0 spiro atoms. The average Bonchev–Trinajstić information content (AvgIpc) is 3.64. The summed E-state index contributed by atoms with van der Waals surface area (Å²) in [7, 11) is -9.56. The van der Waals surface area contributed by atoms with Gasteiger partial charge in [0.05, 0.1) is 29.5 Å². The third kappa shape index (κ3) is 16.6. The predicted octanol–water partition coefficient (Wildman–Crippen LogP) is 20.4. The topological polar surface area (TPSA) is 46.2 Å². The fourth-order valence-electron chi connectivity index (χ4n) is 13.1. The van der Waals surface area contributed by atoms with Crippen LogP contribution in [0.2, 0.25) is 91.2 Å². The SMILES string of the molecule is C=C1C(=CC=C2CCC[C@@]3(C)C2CCC3[C@@H](CCCC(C)(C)O[Si](CC)(CC)CC)CCC(O[Si](CC)(CC)CC)C(C)(C)O[Si](C)(CC)CC)CC(O[Si](C)(C)C(C)(C)C)C[C@@H]1O[Si](C)(C)C(C)(C)C. The van der Waals surface area contributed by atoms with Gasteiger partial charge in [-0.2, -0.15) is 0 Å². The maximum absolute atomic E-state index is 7.68. The van der Waals surface area contributed by atoms with Crippen LogP contribution < -0.4 is 0 Å². The molecule has 0 heterocycles. The van der Waals surface area contributed by atoms with Crippen molar-refractivity contribution < 1.29 is 22.1 Å². The lowest BCUT2D eigenvalue weighted by Crippen LogP contribution is -2.54. The van der Waals surface area contributed by atoms with Crippen molar-refractivity contribution in [3.05, 3.63) is 35.5 Å². The van der Waals surface area contributed by atoms with Crippen LogP contribution in [0.3, 0.4) is 0 Å². The largest absolute Gasteiger partial charge is 0.413 e. The zero-order valence-corrected chi connectivity index (χ0v) is 57.0. The molecule has 0 radical (unpaired) electrons. The van der Waals surface area contributed by atoms with E-state index < -0.39 is 41.6 Å². The van der Waals surface area contributed by atoms with Crippen molar-refractivity contribution in [3.63, 3.8) is 0 Å². The number of fused-ring (bicyclic) bond motifs is 1. The zero-order chi connectivity index (χ0) is 54.3. The van der Waals surface area contributed by atoms with Gasteiger partial charge in [0.15, 0.2) is 41.6 Å². The molecule has 3 aliphatic rings. The highest BCUT2D eigenvalue weighted by molar-refractivity contribution is 6.75. The molecule has 3 saturated carbocycles. The van der Waals surface area contributed by atoms with Crippen LogP contribution in [-0.4, -0.2) is 71.1 Å². The van der Waals surface area contributed by atoms with Gasteiger partial charge in [0, 0.05) is 6.42 Å².